The first-order chi connectivity index (χ1) is 12.2. The Kier molecular flexibility index (Phi) is 5.83. The van der Waals surface area contributed by atoms with Gasteiger partial charge < -0.3 is 18.6 Å². The van der Waals surface area contributed by atoms with E-state index in [4.69, 9.17) is 18.6 Å². The average molecular weight is 346 g/mol. The molecule has 2 aromatic rings. The summed E-state index contributed by atoms with van der Waals surface area (Å²) in [6, 6.07) is 8.02. The summed E-state index contributed by atoms with van der Waals surface area (Å²) in [5.74, 6) is 3.07. The summed E-state index contributed by atoms with van der Waals surface area (Å²) in [5, 5.41) is 0. The third kappa shape index (κ3) is 4.27. The Morgan fingerprint density at radius 3 is 1.96 bits per heavy atom. The fourth-order valence-corrected chi connectivity index (χ4v) is 3.21. The van der Waals surface area contributed by atoms with Crippen molar-refractivity contribution in [3.8, 4) is 17.2 Å². The van der Waals surface area contributed by atoms with E-state index >= 15 is 0 Å². The average Bonchev–Trinajstić information content (AvgIpc) is 3.15. The van der Waals surface area contributed by atoms with E-state index in [1.54, 1.807) is 27.6 Å². The lowest BCUT2D eigenvalue weighted by atomic mass is 10.1. The second-order valence-corrected chi connectivity index (χ2v) is 6.17. The van der Waals surface area contributed by atoms with Crippen LogP contribution in [0, 0.1) is 0 Å². The molecule has 0 bridgehead atoms. The number of hydrogen-bond acceptors (Lipinski definition) is 6. The van der Waals surface area contributed by atoms with E-state index in [-0.39, 0.29) is 0 Å². The van der Waals surface area contributed by atoms with Crippen molar-refractivity contribution < 1.29 is 18.6 Å². The quantitative estimate of drug-likeness (QED) is 0.768. The Morgan fingerprint density at radius 1 is 0.880 bits per heavy atom. The van der Waals surface area contributed by atoms with Gasteiger partial charge in [0.05, 0.1) is 34.1 Å². The van der Waals surface area contributed by atoms with Crippen LogP contribution in [-0.2, 0) is 13.1 Å². The third-order valence-corrected chi connectivity index (χ3v) is 4.56. The summed E-state index contributed by atoms with van der Waals surface area (Å²) in [6.45, 7) is 5.86. The molecular weight excluding hydrogens is 320 g/mol. The monoisotopic (exact) mass is 346 g/mol. The molecule has 1 fully saturated rings. The first-order valence-corrected chi connectivity index (χ1v) is 8.49. The van der Waals surface area contributed by atoms with Gasteiger partial charge in [0.1, 0.15) is 5.76 Å². The lowest BCUT2D eigenvalue weighted by molar-refractivity contribution is 0.116. The lowest BCUT2D eigenvalue weighted by Gasteiger charge is -2.34. The first kappa shape index (κ1) is 17.6. The Bertz CT molecular complexity index is 639. The predicted octanol–water partition coefficient (Wildman–Crippen LogP) is 2.62. The standard InChI is InChI=1S/C19H26N2O4/c1-22-17-11-15(12-18(23-2)19(17)24-3)13-20-6-8-21(9-7-20)14-16-5-4-10-25-16/h4-5,10-12H,6-9,13-14H2,1-3H3. The van der Waals surface area contributed by atoms with Gasteiger partial charge in [-0.1, -0.05) is 0 Å². The smallest absolute Gasteiger partial charge is 0.203 e. The number of benzene rings is 1. The van der Waals surface area contributed by atoms with Crippen LogP contribution >= 0.6 is 0 Å². The van der Waals surface area contributed by atoms with Crippen molar-refractivity contribution >= 4 is 0 Å². The number of rotatable bonds is 7. The van der Waals surface area contributed by atoms with Crippen LogP contribution in [0.2, 0.25) is 0 Å². The minimum atomic E-state index is 0.636. The summed E-state index contributed by atoms with van der Waals surface area (Å²) >= 11 is 0. The topological polar surface area (TPSA) is 47.3 Å². The van der Waals surface area contributed by atoms with Gasteiger partial charge in [-0.05, 0) is 29.8 Å². The molecule has 0 amide bonds. The molecule has 2 heterocycles. The number of furan rings is 1. The van der Waals surface area contributed by atoms with Gasteiger partial charge in [-0.2, -0.15) is 0 Å². The Morgan fingerprint density at radius 2 is 1.48 bits per heavy atom. The van der Waals surface area contributed by atoms with Crippen molar-refractivity contribution in [2.24, 2.45) is 0 Å². The van der Waals surface area contributed by atoms with Crippen LogP contribution in [0.25, 0.3) is 0 Å². The largest absolute Gasteiger partial charge is 0.493 e. The first-order valence-electron chi connectivity index (χ1n) is 8.49. The van der Waals surface area contributed by atoms with Gasteiger partial charge in [0.25, 0.3) is 0 Å². The van der Waals surface area contributed by atoms with E-state index in [0.29, 0.717) is 17.2 Å². The highest BCUT2D eigenvalue weighted by Crippen LogP contribution is 2.38. The van der Waals surface area contributed by atoms with Crippen molar-refractivity contribution in [1.82, 2.24) is 9.80 Å². The Balaban J connectivity index is 1.60. The van der Waals surface area contributed by atoms with Crippen molar-refractivity contribution in [1.29, 1.82) is 0 Å². The van der Waals surface area contributed by atoms with Gasteiger partial charge in [0, 0.05) is 32.7 Å². The van der Waals surface area contributed by atoms with Crippen LogP contribution in [-0.4, -0.2) is 57.3 Å². The van der Waals surface area contributed by atoms with Crippen LogP contribution in [0.15, 0.2) is 34.9 Å². The highest BCUT2D eigenvalue weighted by Gasteiger charge is 2.19. The van der Waals surface area contributed by atoms with Crippen LogP contribution < -0.4 is 14.2 Å². The summed E-state index contributed by atoms with van der Waals surface area (Å²) in [6.07, 6.45) is 1.73. The van der Waals surface area contributed by atoms with Crippen molar-refractivity contribution in [3.05, 3.63) is 41.9 Å². The van der Waals surface area contributed by atoms with Gasteiger partial charge in [0.15, 0.2) is 11.5 Å². The normalized spacial score (nSPS) is 16.0. The minimum Gasteiger partial charge on any atom is -0.493 e. The molecule has 0 N–H and O–H groups in total. The molecule has 1 aromatic carbocycles. The maximum atomic E-state index is 5.44. The van der Waals surface area contributed by atoms with Gasteiger partial charge in [-0.15, -0.1) is 0 Å². The second-order valence-electron chi connectivity index (χ2n) is 6.17. The molecule has 3 rings (SSSR count). The molecular formula is C19H26N2O4. The molecule has 0 unspecified atom stereocenters. The molecule has 1 saturated heterocycles. The molecule has 1 aromatic heterocycles. The molecule has 0 spiro atoms. The molecule has 1 aliphatic heterocycles. The molecule has 0 atom stereocenters. The Hall–Kier alpha value is -2.18. The summed E-state index contributed by atoms with van der Waals surface area (Å²) in [7, 11) is 4.92. The van der Waals surface area contributed by atoms with Gasteiger partial charge >= 0.3 is 0 Å². The summed E-state index contributed by atoms with van der Waals surface area (Å²) < 4.78 is 21.7. The second kappa shape index (κ2) is 8.27. The molecule has 1 aliphatic rings. The molecule has 0 radical (unpaired) electrons. The third-order valence-electron chi connectivity index (χ3n) is 4.56. The number of ether oxygens (including phenoxy) is 3. The maximum Gasteiger partial charge on any atom is 0.203 e. The fourth-order valence-electron chi connectivity index (χ4n) is 3.21. The number of piperazine rings is 1. The summed E-state index contributed by atoms with van der Waals surface area (Å²) in [4.78, 5) is 4.86. The van der Waals surface area contributed by atoms with Gasteiger partial charge in [0.2, 0.25) is 5.75 Å². The van der Waals surface area contributed by atoms with Gasteiger partial charge in [-0.25, -0.2) is 0 Å². The number of methoxy groups -OCH3 is 3. The molecule has 0 saturated carbocycles. The predicted molar refractivity (Wildman–Crippen MR) is 95.4 cm³/mol. The zero-order chi connectivity index (χ0) is 17.6. The highest BCUT2D eigenvalue weighted by molar-refractivity contribution is 5.53. The fraction of sp³-hybridized carbons (Fsp3) is 0.474. The molecule has 6 nitrogen and oxygen atoms in total. The van der Waals surface area contributed by atoms with E-state index in [9.17, 15) is 0 Å². The van der Waals surface area contributed by atoms with Crippen LogP contribution in [0.4, 0.5) is 0 Å². The number of nitrogens with zero attached hydrogens (tertiary/aromatic N) is 2. The van der Waals surface area contributed by atoms with E-state index in [2.05, 4.69) is 9.80 Å². The Labute approximate surface area is 148 Å². The van der Waals surface area contributed by atoms with E-state index in [1.165, 1.54) is 0 Å². The van der Waals surface area contributed by atoms with Crippen molar-refractivity contribution in [3.63, 3.8) is 0 Å². The van der Waals surface area contributed by atoms with Crippen molar-refractivity contribution in [2.75, 3.05) is 47.5 Å². The van der Waals surface area contributed by atoms with Crippen LogP contribution in [0.1, 0.15) is 11.3 Å². The van der Waals surface area contributed by atoms with Gasteiger partial charge in [-0.3, -0.25) is 9.80 Å². The molecule has 25 heavy (non-hydrogen) atoms. The summed E-state index contributed by atoms with van der Waals surface area (Å²) in [5.41, 5.74) is 1.16. The zero-order valence-corrected chi connectivity index (χ0v) is 15.2. The molecule has 6 heteroatoms. The van der Waals surface area contributed by atoms with E-state index < -0.39 is 0 Å². The van der Waals surface area contributed by atoms with E-state index in [1.807, 2.05) is 24.3 Å². The van der Waals surface area contributed by atoms with Crippen LogP contribution in [0.5, 0.6) is 17.2 Å². The maximum absolute atomic E-state index is 5.44. The zero-order valence-electron chi connectivity index (χ0n) is 15.2. The molecule has 0 aliphatic carbocycles. The van der Waals surface area contributed by atoms with Crippen LogP contribution in [0.3, 0.4) is 0 Å². The van der Waals surface area contributed by atoms with E-state index in [0.717, 1.165) is 50.6 Å². The SMILES string of the molecule is COc1cc(CN2CCN(Cc3ccco3)CC2)cc(OC)c1OC. The lowest BCUT2D eigenvalue weighted by Crippen LogP contribution is -2.45. The highest BCUT2D eigenvalue weighted by atomic mass is 16.5. The minimum absolute atomic E-state index is 0.636. The number of hydrogen-bond donors (Lipinski definition) is 0. The van der Waals surface area contributed by atoms with Crippen molar-refractivity contribution in [2.45, 2.75) is 13.1 Å². The molecule has 136 valence electrons.